The number of hydrogen-bond acceptors (Lipinski definition) is 1. The van der Waals surface area contributed by atoms with Gasteiger partial charge in [-0.3, -0.25) is 0 Å². The molecule has 0 bridgehead atoms. The van der Waals surface area contributed by atoms with Crippen LogP contribution in [0.4, 0.5) is 0 Å². The zero-order valence-electron chi connectivity index (χ0n) is 8.71. The molecule has 0 saturated heterocycles. The average Bonchev–Trinajstić information content (AvgIpc) is 2.44. The van der Waals surface area contributed by atoms with Gasteiger partial charge in [0.05, 0.1) is 12.5 Å². The van der Waals surface area contributed by atoms with Crippen LogP contribution in [0, 0.1) is 18.3 Å². The van der Waals surface area contributed by atoms with Gasteiger partial charge in [0.15, 0.2) is 0 Å². The molecule has 76 valence electrons. The topological polar surface area (TPSA) is 28.7 Å². The van der Waals surface area contributed by atoms with E-state index in [1.165, 1.54) is 0 Å². The van der Waals surface area contributed by atoms with E-state index in [4.69, 9.17) is 16.9 Å². The number of aromatic nitrogens is 1. The van der Waals surface area contributed by atoms with Gasteiger partial charge in [-0.25, -0.2) is 0 Å². The van der Waals surface area contributed by atoms with Gasteiger partial charge in [0.2, 0.25) is 0 Å². The predicted octanol–water partition coefficient (Wildman–Crippen LogP) is 3.21. The van der Waals surface area contributed by atoms with Crippen LogP contribution in [-0.2, 0) is 13.5 Å². The summed E-state index contributed by atoms with van der Waals surface area (Å²) in [5.74, 6) is 0. The van der Waals surface area contributed by atoms with Gasteiger partial charge in [0, 0.05) is 28.7 Å². The van der Waals surface area contributed by atoms with E-state index in [0.29, 0.717) is 6.42 Å². The highest BCUT2D eigenvalue weighted by Gasteiger charge is 2.11. The summed E-state index contributed by atoms with van der Waals surface area (Å²) in [5, 5.41) is 10.6. The highest BCUT2D eigenvalue weighted by atomic mass is 35.5. The average molecular weight is 219 g/mol. The minimum Gasteiger partial charge on any atom is -0.348 e. The Balaban J connectivity index is 2.82. The van der Waals surface area contributed by atoms with Crippen LogP contribution >= 0.6 is 11.6 Å². The molecule has 2 nitrogen and oxygen atoms in total. The Morgan fingerprint density at radius 2 is 2.20 bits per heavy atom. The van der Waals surface area contributed by atoms with Crippen molar-refractivity contribution in [1.82, 2.24) is 4.57 Å². The standard InChI is InChI=1S/C12H11ClN2/c1-8-10(5-6-14)11-4-3-9(13)7-12(11)15(8)2/h3-4,7H,5H2,1-2H3. The molecule has 0 atom stereocenters. The molecular formula is C12H11ClN2. The van der Waals surface area contributed by atoms with Crippen LogP contribution in [0.5, 0.6) is 0 Å². The van der Waals surface area contributed by atoms with Crippen LogP contribution in [0.25, 0.3) is 10.9 Å². The summed E-state index contributed by atoms with van der Waals surface area (Å²) in [4.78, 5) is 0. The van der Waals surface area contributed by atoms with Gasteiger partial charge in [-0.2, -0.15) is 5.26 Å². The van der Waals surface area contributed by atoms with Gasteiger partial charge < -0.3 is 4.57 Å². The van der Waals surface area contributed by atoms with E-state index in [2.05, 4.69) is 10.6 Å². The second-order valence-electron chi connectivity index (χ2n) is 3.62. The maximum absolute atomic E-state index is 8.78. The van der Waals surface area contributed by atoms with E-state index < -0.39 is 0 Å². The van der Waals surface area contributed by atoms with Crippen molar-refractivity contribution in [1.29, 1.82) is 5.26 Å². The van der Waals surface area contributed by atoms with E-state index in [9.17, 15) is 0 Å². The van der Waals surface area contributed by atoms with E-state index in [0.717, 1.165) is 27.2 Å². The number of aryl methyl sites for hydroxylation is 1. The summed E-state index contributed by atoms with van der Waals surface area (Å²) >= 11 is 5.95. The summed E-state index contributed by atoms with van der Waals surface area (Å²) in [6.07, 6.45) is 0.449. The number of fused-ring (bicyclic) bond motifs is 1. The van der Waals surface area contributed by atoms with Crippen molar-refractivity contribution in [2.45, 2.75) is 13.3 Å². The minimum atomic E-state index is 0.449. The lowest BCUT2D eigenvalue weighted by Gasteiger charge is -1.98. The molecule has 2 aromatic rings. The fraction of sp³-hybridized carbons (Fsp3) is 0.250. The molecule has 0 spiro atoms. The summed E-state index contributed by atoms with van der Waals surface area (Å²) in [7, 11) is 1.99. The molecule has 1 heterocycles. The molecule has 3 heteroatoms. The molecule has 0 aliphatic rings. The van der Waals surface area contributed by atoms with Crippen molar-refractivity contribution < 1.29 is 0 Å². The zero-order valence-corrected chi connectivity index (χ0v) is 9.47. The van der Waals surface area contributed by atoms with E-state index in [-0.39, 0.29) is 0 Å². The maximum Gasteiger partial charge on any atom is 0.0670 e. The molecule has 0 N–H and O–H groups in total. The Morgan fingerprint density at radius 1 is 1.47 bits per heavy atom. The Hall–Kier alpha value is -1.46. The highest BCUT2D eigenvalue weighted by Crippen LogP contribution is 2.27. The first-order chi connectivity index (χ1) is 7.15. The zero-order chi connectivity index (χ0) is 11.0. The number of nitrogens with zero attached hydrogens (tertiary/aromatic N) is 2. The van der Waals surface area contributed by atoms with Gasteiger partial charge in [0.1, 0.15) is 0 Å². The van der Waals surface area contributed by atoms with Gasteiger partial charge in [0.25, 0.3) is 0 Å². The largest absolute Gasteiger partial charge is 0.348 e. The third kappa shape index (κ3) is 1.49. The van der Waals surface area contributed by atoms with Gasteiger partial charge in [-0.15, -0.1) is 0 Å². The molecule has 1 aromatic carbocycles. The molecule has 1 aromatic heterocycles. The summed E-state index contributed by atoms with van der Waals surface area (Å²) in [6, 6.07) is 7.98. The molecule has 15 heavy (non-hydrogen) atoms. The number of nitriles is 1. The molecule has 2 rings (SSSR count). The third-order valence-electron chi connectivity index (χ3n) is 2.84. The first kappa shape index (κ1) is 10.1. The van der Waals surface area contributed by atoms with Gasteiger partial charge in [-0.1, -0.05) is 17.7 Å². The lowest BCUT2D eigenvalue weighted by molar-refractivity contribution is 0.906. The lowest BCUT2D eigenvalue weighted by Crippen LogP contribution is -1.91. The van der Waals surface area contributed by atoms with E-state index in [1.54, 1.807) is 0 Å². The Morgan fingerprint density at radius 3 is 2.87 bits per heavy atom. The second kappa shape index (κ2) is 3.60. The Kier molecular flexibility index (Phi) is 2.42. The number of hydrogen-bond donors (Lipinski definition) is 0. The molecule has 0 amide bonds. The molecule has 0 aliphatic carbocycles. The Labute approximate surface area is 93.7 Å². The number of halogens is 1. The molecule has 0 radical (unpaired) electrons. The second-order valence-corrected chi connectivity index (χ2v) is 4.06. The molecule has 0 fully saturated rings. The van der Waals surface area contributed by atoms with Crippen LogP contribution in [-0.4, -0.2) is 4.57 Å². The van der Waals surface area contributed by atoms with E-state index in [1.807, 2.05) is 32.2 Å². The van der Waals surface area contributed by atoms with Crippen LogP contribution in [0.3, 0.4) is 0 Å². The quantitative estimate of drug-likeness (QED) is 0.723. The molecule has 0 saturated carbocycles. The molecule has 0 unspecified atom stereocenters. The van der Waals surface area contributed by atoms with Crippen molar-refractivity contribution in [2.24, 2.45) is 7.05 Å². The van der Waals surface area contributed by atoms with Crippen LogP contribution in [0.15, 0.2) is 18.2 Å². The lowest BCUT2D eigenvalue weighted by atomic mass is 10.1. The van der Waals surface area contributed by atoms with Crippen molar-refractivity contribution in [3.8, 4) is 6.07 Å². The SMILES string of the molecule is Cc1c(CC#N)c2ccc(Cl)cc2n1C. The van der Waals surface area contributed by atoms with Crippen molar-refractivity contribution in [2.75, 3.05) is 0 Å². The smallest absolute Gasteiger partial charge is 0.0670 e. The van der Waals surface area contributed by atoms with E-state index >= 15 is 0 Å². The fourth-order valence-electron chi connectivity index (χ4n) is 1.92. The predicted molar refractivity (Wildman–Crippen MR) is 62.0 cm³/mol. The fourth-order valence-corrected chi connectivity index (χ4v) is 2.08. The summed E-state index contributed by atoms with van der Waals surface area (Å²) in [6.45, 7) is 2.03. The normalized spacial score (nSPS) is 10.5. The van der Waals surface area contributed by atoms with Crippen LogP contribution in [0.1, 0.15) is 11.3 Å². The van der Waals surface area contributed by atoms with Crippen LogP contribution in [0.2, 0.25) is 5.02 Å². The summed E-state index contributed by atoms with van der Waals surface area (Å²) in [5.41, 5.74) is 3.32. The third-order valence-corrected chi connectivity index (χ3v) is 3.08. The highest BCUT2D eigenvalue weighted by molar-refractivity contribution is 6.31. The monoisotopic (exact) mass is 218 g/mol. The first-order valence-corrected chi connectivity index (χ1v) is 5.13. The molecule has 0 aliphatic heterocycles. The number of benzene rings is 1. The number of rotatable bonds is 1. The molecular weight excluding hydrogens is 208 g/mol. The van der Waals surface area contributed by atoms with Crippen molar-refractivity contribution in [3.05, 3.63) is 34.5 Å². The Bertz CT molecular complexity index is 561. The van der Waals surface area contributed by atoms with Crippen LogP contribution < -0.4 is 0 Å². The van der Waals surface area contributed by atoms with Gasteiger partial charge in [-0.05, 0) is 24.6 Å². The first-order valence-electron chi connectivity index (χ1n) is 4.75. The summed E-state index contributed by atoms with van der Waals surface area (Å²) < 4.78 is 2.08. The van der Waals surface area contributed by atoms with Crippen molar-refractivity contribution in [3.63, 3.8) is 0 Å². The minimum absolute atomic E-state index is 0.449. The maximum atomic E-state index is 8.78. The van der Waals surface area contributed by atoms with Crippen molar-refractivity contribution >= 4 is 22.5 Å². The van der Waals surface area contributed by atoms with Gasteiger partial charge >= 0.3 is 0 Å².